The van der Waals surface area contributed by atoms with E-state index in [-0.39, 0.29) is 31.1 Å². The zero-order chi connectivity index (χ0) is 28.2. The number of nitrogens with zero attached hydrogens (tertiary/aromatic N) is 1. The number of nitrogens with one attached hydrogen (secondary N) is 1. The summed E-state index contributed by atoms with van der Waals surface area (Å²) in [4.78, 5) is 25.3. The molecule has 3 unspecified atom stereocenters. The van der Waals surface area contributed by atoms with Gasteiger partial charge in [-0.15, -0.1) is 0 Å². The lowest BCUT2D eigenvalue weighted by molar-refractivity contribution is -0.253. The van der Waals surface area contributed by atoms with Gasteiger partial charge in [-0.3, -0.25) is 9.59 Å². The number of benzene rings is 2. The standard InChI is InChI=1S/C32H44N2O6/c35-23-25-12-14-26(15-13-25)29-20-28(22-34-18-6-2-1-3-7-19-34)39-32(40-29)27-16-10-24(11-17-27)21-33-30(36)8-4-5-9-31(37)38/h10-17,28-29,32,35H,1-9,18-23H2,(H,33,36)(H,37,38). The smallest absolute Gasteiger partial charge is 0.303 e. The van der Waals surface area contributed by atoms with Gasteiger partial charge in [-0.2, -0.15) is 0 Å². The highest BCUT2D eigenvalue weighted by atomic mass is 16.7. The number of amides is 1. The summed E-state index contributed by atoms with van der Waals surface area (Å²) in [7, 11) is 0. The molecule has 0 bridgehead atoms. The Kier molecular flexibility index (Phi) is 12.0. The number of rotatable bonds is 12. The van der Waals surface area contributed by atoms with E-state index in [0.717, 1.165) is 48.3 Å². The molecule has 40 heavy (non-hydrogen) atoms. The van der Waals surface area contributed by atoms with E-state index >= 15 is 0 Å². The first-order valence-corrected chi connectivity index (χ1v) is 14.8. The molecule has 0 spiro atoms. The minimum Gasteiger partial charge on any atom is -0.481 e. The number of aliphatic carboxylic acids is 1. The fourth-order valence-electron chi connectivity index (χ4n) is 5.46. The second-order valence-corrected chi connectivity index (χ2v) is 11.0. The molecule has 2 aliphatic heterocycles. The Balaban J connectivity index is 1.38. The molecule has 2 aromatic carbocycles. The molecule has 8 nitrogen and oxygen atoms in total. The van der Waals surface area contributed by atoms with E-state index < -0.39 is 12.3 Å². The molecular weight excluding hydrogens is 508 g/mol. The van der Waals surface area contributed by atoms with Crippen LogP contribution < -0.4 is 5.32 Å². The van der Waals surface area contributed by atoms with Gasteiger partial charge in [-0.25, -0.2) is 0 Å². The highest BCUT2D eigenvalue weighted by molar-refractivity contribution is 5.75. The largest absolute Gasteiger partial charge is 0.481 e. The number of unbranched alkanes of at least 4 members (excludes halogenated alkanes) is 1. The monoisotopic (exact) mass is 552 g/mol. The van der Waals surface area contributed by atoms with Crippen LogP contribution in [0.1, 0.15) is 98.9 Å². The predicted molar refractivity (Wildman–Crippen MR) is 152 cm³/mol. The molecule has 3 N–H and O–H groups in total. The van der Waals surface area contributed by atoms with Gasteiger partial charge in [0.25, 0.3) is 0 Å². The summed E-state index contributed by atoms with van der Waals surface area (Å²) in [5, 5.41) is 21.1. The summed E-state index contributed by atoms with van der Waals surface area (Å²) in [6.45, 7) is 3.55. The summed E-state index contributed by atoms with van der Waals surface area (Å²) in [5.41, 5.74) is 3.89. The number of carboxylic acids is 1. The highest BCUT2D eigenvalue weighted by Gasteiger charge is 2.33. The average molecular weight is 553 g/mol. The fraction of sp³-hybridized carbons (Fsp3) is 0.562. The quantitative estimate of drug-likeness (QED) is 0.309. The summed E-state index contributed by atoms with van der Waals surface area (Å²) in [5.74, 6) is -0.906. The third-order valence-electron chi connectivity index (χ3n) is 7.81. The topological polar surface area (TPSA) is 108 Å². The molecule has 1 amide bonds. The summed E-state index contributed by atoms with van der Waals surface area (Å²) < 4.78 is 13.0. The maximum atomic E-state index is 12.1. The Labute approximate surface area is 237 Å². The Morgan fingerprint density at radius 2 is 1.45 bits per heavy atom. The molecule has 8 heteroatoms. The van der Waals surface area contributed by atoms with Crippen LogP contribution in [-0.2, 0) is 32.2 Å². The van der Waals surface area contributed by atoms with Crippen LogP contribution in [0, 0.1) is 0 Å². The molecule has 2 heterocycles. The highest BCUT2D eigenvalue weighted by Crippen LogP contribution is 2.38. The van der Waals surface area contributed by atoms with Crippen molar-refractivity contribution in [3.63, 3.8) is 0 Å². The molecule has 2 aliphatic rings. The van der Waals surface area contributed by atoms with Crippen molar-refractivity contribution in [1.29, 1.82) is 0 Å². The van der Waals surface area contributed by atoms with Crippen molar-refractivity contribution in [2.24, 2.45) is 0 Å². The third-order valence-corrected chi connectivity index (χ3v) is 7.81. The van der Waals surface area contributed by atoms with Gasteiger partial charge < -0.3 is 29.9 Å². The molecule has 3 atom stereocenters. The first-order chi connectivity index (χ1) is 19.5. The van der Waals surface area contributed by atoms with Crippen LogP contribution in [0.15, 0.2) is 48.5 Å². The van der Waals surface area contributed by atoms with Crippen molar-refractivity contribution in [2.75, 3.05) is 19.6 Å². The van der Waals surface area contributed by atoms with Gasteiger partial charge in [0.2, 0.25) is 5.91 Å². The van der Waals surface area contributed by atoms with Gasteiger partial charge in [0.15, 0.2) is 6.29 Å². The van der Waals surface area contributed by atoms with E-state index in [9.17, 15) is 14.7 Å². The van der Waals surface area contributed by atoms with Crippen molar-refractivity contribution >= 4 is 11.9 Å². The van der Waals surface area contributed by atoms with Crippen LogP contribution in [0.2, 0.25) is 0 Å². The van der Waals surface area contributed by atoms with Crippen LogP contribution >= 0.6 is 0 Å². The summed E-state index contributed by atoms with van der Waals surface area (Å²) in [6, 6.07) is 16.0. The van der Waals surface area contributed by atoms with Crippen LogP contribution in [0.4, 0.5) is 0 Å². The zero-order valence-corrected chi connectivity index (χ0v) is 23.4. The normalized spacial score (nSPS) is 22.3. The van der Waals surface area contributed by atoms with Gasteiger partial charge in [-0.1, -0.05) is 67.8 Å². The number of carbonyl (C=O) groups excluding carboxylic acids is 1. The van der Waals surface area contributed by atoms with Crippen LogP contribution in [0.3, 0.4) is 0 Å². The SMILES string of the molecule is O=C(O)CCCCC(=O)NCc1ccc(C2OC(CN3CCCCCCC3)CC(c3ccc(CO)cc3)O2)cc1. The number of carbonyl (C=O) groups is 2. The predicted octanol–water partition coefficient (Wildman–Crippen LogP) is 5.25. The molecule has 0 radical (unpaired) electrons. The van der Waals surface area contributed by atoms with E-state index in [1.54, 1.807) is 0 Å². The fourth-order valence-corrected chi connectivity index (χ4v) is 5.46. The molecule has 0 aliphatic carbocycles. The zero-order valence-electron chi connectivity index (χ0n) is 23.4. The number of aliphatic hydroxyl groups is 1. The molecule has 2 fully saturated rings. The second kappa shape index (κ2) is 15.9. The van der Waals surface area contributed by atoms with Gasteiger partial charge >= 0.3 is 5.97 Å². The summed E-state index contributed by atoms with van der Waals surface area (Å²) in [6.07, 6.45) is 8.11. The van der Waals surface area contributed by atoms with E-state index in [2.05, 4.69) is 10.2 Å². The van der Waals surface area contributed by atoms with Crippen LogP contribution in [-0.4, -0.2) is 52.7 Å². The van der Waals surface area contributed by atoms with Crippen LogP contribution in [0.25, 0.3) is 0 Å². The lowest BCUT2D eigenvalue weighted by Crippen LogP contribution is -2.40. The molecular formula is C32H44N2O6. The van der Waals surface area contributed by atoms with Crippen molar-refractivity contribution in [3.8, 4) is 0 Å². The number of hydrogen-bond donors (Lipinski definition) is 3. The Hall–Kier alpha value is -2.78. The van der Waals surface area contributed by atoms with Gasteiger partial charge in [-0.05, 0) is 55.5 Å². The molecule has 218 valence electrons. The maximum Gasteiger partial charge on any atom is 0.303 e. The molecule has 0 saturated carbocycles. The molecule has 2 aromatic rings. The number of hydrogen-bond acceptors (Lipinski definition) is 6. The lowest BCUT2D eigenvalue weighted by Gasteiger charge is -2.38. The Bertz CT molecular complexity index is 1050. The van der Waals surface area contributed by atoms with Gasteiger partial charge in [0.1, 0.15) is 0 Å². The Morgan fingerprint density at radius 1 is 0.825 bits per heavy atom. The minimum atomic E-state index is -0.832. The number of ether oxygens (including phenoxy) is 2. The maximum absolute atomic E-state index is 12.1. The average Bonchev–Trinajstić information content (AvgIpc) is 2.95. The van der Waals surface area contributed by atoms with Gasteiger partial charge in [0.05, 0.1) is 18.8 Å². The molecule has 4 rings (SSSR count). The van der Waals surface area contributed by atoms with Crippen LogP contribution in [0.5, 0.6) is 0 Å². The lowest BCUT2D eigenvalue weighted by atomic mass is 9.99. The van der Waals surface area contributed by atoms with Crippen molar-refractivity contribution in [2.45, 2.75) is 95.9 Å². The van der Waals surface area contributed by atoms with Crippen molar-refractivity contribution in [3.05, 3.63) is 70.8 Å². The number of carboxylic acid groups (broad SMARTS) is 1. The minimum absolute atomic E-state index is 0.0205. The summed E-state index contributed by atoms with van der Waals surface area (Å²) >= 11 is 0. The van der Waals surface area contributed by atoms with E-state index in [1.165, 1.54) is 32.1 Å². The first-order valence-electron chi connectivity index (χ1n) is 14.8. The van der Waals surface area contributed by atoms with Crippen molar-refractivity contribution < 1.29 is 29.3 Å². The molecule has 0 aromatic heterocycles. The molecule has 2 saturated heterocycles. The van der Waals surface area contributed by atoms with E-state index in [4.69, 9.17) is 14.6 Å². The number of aliphatic hydroxyl groups excluding tert-OH is 1. The number of likely N-dealkylation sites (tertiary alicyclic amines) is 1. The van der Waals surface area contributed by atoms with Gasteiger partial charge in [0, 0.05) is 37.9 Å². The van der Waals surface area contributed by atoms with E-state index in [0.29, 0.717) is 25.8 Å². The third kappa shape index (κ3) is 9.70. The Morgan fingerprint density at radius 3 is 2.12 bits per heavy atom. The first kappa shape index (κ1) is 30.2. The second-order valence-electron chi connectivity index (χ2n) is 11.0. The van der Waals surface area contributed by atoms with E-state index in [1.807, 2.05) is 48.5 Å². The van der Waals surface area contributed by atoms with Crippen molar-refractivity contribution in [1.82, 2.24) is 10.2 Å².